The van der Waals surface area contributed by atoms with E-state index in [9.17, 15) is 24.6 Å². The van der Waals surface area contributed by atoms with Crippen LogP contribution in [0.4, 0.5) is 0 Å². The van der Waals surface area contributed by atoms with E-state index in [4.69, 9.17) is 11.5 Å². The van der Waals surface area contributed by atoms with Crippen LogP contribution in [-0.2, 0) is 14.4 Å². The van der Waals surface area contributed by atoms with Gasteiger partial charge in [-0.3, -0.25) is 9.59 Å². The second-order valence-corrected chi connectivity index (χ2v) is 10.5. The number of hydrogen-bond donors (Lipinski definition) is 5. The first-order chi connectivity index (χ1) is 15.6. The maximum absolute atomic E-state index is 12.5. The van der Waals surface area contributed by atoms with Crippen molar-refractivity contribution in [3.8, 4) is 0 Å². The Balaban J connectivity index is 0.00000324. The van der Waals surface area contributed by atoms with Crippen LogP contribution in [0.3, 0.4) is 0 Å². The molecule has 1 unspecified atom stereocenters. The maximum Gasteiger partial charge on any atom is 0.353 e. The van der Waals surface area contributed by atoms with Crippen LogP contribution in [0, 0.1) is 11.8 Å². The predicted octanol–water partition coefficient (Wildman–Crippen LogP) is 1.27. The van der Waals surface area contributed by atoms with Crippen LogP contribution in [0.5, 0.6) is 0 Å². The van der Waals surface area contributed by atoms with Gasteiger partial charge in [0.25, 0.3) is 0 Å². The van der Waals surface area contributed by atoms with Gasteiger partial charge in [-0.05, 0) is 24.5 Å². The highest BCUT2D eigenvalue weighted by Crippen LogP contribution is 2.52. The number of aliphatic hydroxyl groups is 1. The number of amides is 2. The summed E-state index contributed by atoms with van der Waals surface area (Å²) in [6.45, 7) is 4.22. The number of aliphatic carboxylic acids is 1. The summed E-state index contributed by atoms with van der Waals surface area (Å²) >= 11 is 1.53. The van der Waals surface area contributed by atoms with Gasteiger partial charge in [0, 0.05) is 41.1 Å². The molecule has 186 valence electrons. The molecule has 2 amide bonds. The number of fused-ring (bicyclic) bond motifs is 1. The number of hydrogen-bond acceptors (Lipinski definition) is 7. The number of nitrogens with two attached hydrogens (primary N) is 2. The summed E-state index contributed by atoms with van der Waals surface area (Å²) in [6, 6.07) is 7.16. The van der Waals surface area contributed by atoms with Crippen LogP contribution in [-0.4, -0.2) is 56.8 Å². The Morgan fingerprint density at radius 1 is 1.29 bits per heavy atom. The van der Waals surface area contributed by atoms with Gasteiger partial charge in [-0.15, -0.1) is 24.2 Å². The van der Waals surface area contributed by atoms with E-state index in [0.29, 0.717) is 11.4 Å². The lowest BCUT2D eigenvalue weighted by atomic mass is 9.79. The zero-order chi connectivity index (χ0) is 24.0. The molecule has 0 aliphatic carbocycles. The fourth-order valence-electron chi connectivity index (χ4n) is 5.22. The highest BCUT2D eigenvalue weighted by atomic mass is 35.5. The number of carboxylic acids is 1. The lowest BCUT2D eigenvalue weighted by molar-refractivity contribution is -0.163. The number of carboxylic acid groups (broad SMARTS) is 1. The largest absolute Gasteiger partial charge is 0.477 e. The molecule has 3 heterocycles. The molecule has 7 N–H and O–H groups in total. The summed E-state index contributed by atoms with van der Waals surface area (Å²) in [4.78, 5) is 37.7. The van der Waals surface area contributed by atoms with E-state index in [1.165, 1.54) is 16.7 Å². The minimum atomic E-state index is -1.10. The molecule has 0 spiro atoms. The predicted molar refractivity (Wildman–Crippen MR) is 131 cm³/mol. The molecule has 7 atom stereocenters. The van der Waals surface area contributed by atoms with Gasteiger partial charge in [0.2, 0.25) is 11.8 Å². The number of halogens is 1. The lowest BCUT2D eigenvalue weighted by Gasteiger charge is -2.46. The van der Waals surface area contributed by atoms with Crippen LogP contribution in [0.25, 0.3) is 0 Å². The van der Waals surface area contributed by atoms with Crippen molar-refractivity contribution in [2.45, 2.75) is 56.2 Å². The average Bonchev–Trinajstić information content (AvgIpc) is 3.30. The van der Waals surface area contributed by atoms with Crippen molar-refractivity contribution < 1.29 is 24.6 Å². The van der Waals surface area contributed by atoms with E-state index in [2.05, 4.69) is 5.32 Å². The number of nitrogens with zero attached hydrogens (tertiary/aromatic N) is 1. The summed E-state index contributed by atoms with van der Waals surface area (Å²) in [6.07, 6.45) is 0.0890. The van der Waals surface area contributed by atoms with Crippen molar-refractivity contribution in [3.63, 3.8) is 0 Å². The number of nitrogens with one attached hydrogen (secondary N) is 1. The van der Waals surface area contributed by atoms with Gasteiger partial charge in [-0.1, -0.05) is 31.2 Å². The SMILES string of the molecule is C[C@@H](O)[C@H]1C(=O)N2C(C(=O)O)=C(S[C@@H]3CN[C@@H](c4ccc(C(N)CC(N)=O)cc4)C3)[C@H](C)[C@H]12.Cl. The Kier molecular flexibility index (Phi) is 7.99. The molecule has 11 heteroatoms. The Hall–Kier alpha value is -2.11. The highest BCUT2D eigenvalue weighted by Gasteiger charge is 2.60. The highest BCUT2D eigenvalue weighted by molar-refractivity contribution is 8.03. The van der Waals surface area contributed by atoms with Crippen molar-refractivity contribution in [2.24, 2.45) is 23.3 Å². The van der Waals surface area contributed by atoms with E-state index < -0.39 is 29.9 Å². The summed E-state index contributed by atoms with van der Waals surface area (Å²) < 4.78 is 0. The lowest BCUT2D eigenvalue weighted by Crippen LogP contribution is -2.63. The molecule has 1 aromatic rings. The summed E-state index contributed by atoms with van der Waals surface area (Å²) in [5.41, 5.74) is 13.2. The molecular formula is C23H31ClN4O5S. The van der Waals surface area contributed by atoms with Gasteiger partial charge >= 0.3 is 5.97 Å². The van der Waals surface area contributed by atoms with Crippen LogP contribution in [0.15, 0.2) is 34.9 Å². The van der Waals surface area contributed by atoms with Crippen LogP contribution in [0.2, 0.25) is 0 Å². The van der Waals surface area contributed by atoms with E-state index in [-0.39, 0.29) is 53.7 Å². The van der Waals surface area contributed by atoms with Gasteiger partial charge in [0.1, 0.15) is 5.70 Å². The third kappa shape index (κ3) is 4.70. The van der Waals surface area contributed by atoms with Crippen molar-refractivity contribution in [3.05, 3.63) is 46.0 Å². The molecule has 3 aliphatic rings. The number of β-lactam (4-membered cyclic amide) rings is 1. The quantitative estimate of drug-likeness (QED) is 0.327. The summed E-state index contributed by atoms with van der Waals surface area (Å²) in [5, 5.41) is 23.5. The molecule has 9 nitrogen and oxygen atoms in total. The molecule has 2 fully saturated rings. The Bertz CT molecular complexity index is 1000. The number of carbonyl (C=O) groups excluding carboxylic acids is 2. The smallest absolute Gasteiger partial charge is 0.353 e. The topological polar surface area (TPSA) is 159 Å². The first-order valence-electron chi connectivity index (χ1n) is 11.1. The van der Waals surface area contributed by atoms with Crippen LogP contribution >= 0.6 is 24.2 Å². The minimum Gasteiger partial charge on any atom is -0.477 e. The minimum absolute atomic E-state index is 0. The fraction of sp³-hybridized carbons (Fsp3) is 0.522. The average molecular weight is 511 g/mol. The van der Waals surface area contributed by atoms with E-state index in [1.54, 1.807) is 6.92 Å². The summed E-state index contributed by atoms with van der Waals surface area (Å²) in [7, 11) is 0. The Labute approximate surface area is 208 Å². The van der Waals surface area contributed by atoms with Gasteiger partial charge < -0.3 is 31.9 Å². The number of benzene rings is 1. The molecule has 0 radical (unpaired) electrons. The normalized spacial score (nSPS) is 29.8. The number of rotatable bonds is 8. The second kappa shape index (κ2) is 10.2. The molecule has 0 bridgehead atoms. The molecule has 1 aromatic carbocycles. The Morgan fingerprint density at radius 2 is 1.94 bits per heavy atom. The van der Waals surface area contributed by atoms with E-state index in [0.717, 1.165) is 17.5 Å². The fourth-order valence-corrected chi connectivity index (χ4v) is 6.69. The molecule has 2 saturated heterocycles. The van der Waals surface area contributed by atoms with E-state index >= 15 is 0 Å². The Morgan fingerprint density at radius 3 is 2.50 bits per heavy atom. The summed E-state index contributed by atoms with van der Waals surface area (Å²) in [5.74, 6) is -2.54. The van der Waals surface area contributed by atoms with Crippen molar-refractivity contribution in [1.29, 1.82) is 0 Å². The zero-order valence-electron chi connectivity index (χ0n) is 19.0. The molecule has 0 aromatic heterocycles. The first kappa shape index (κ1) is 26.5. The van der Waals surface area contributed by atoms with Gasteiger partial charge in [0.15, 0.2) is 0 Å². The van der Waals surface area contributed by atoms with Crippen molar-refractivity contribution >= 4 is 42.0 Å². The molecule has 3 aliphatic heterocycles. The monoisotopic (exact) mass is 510 g/mol. The standard InChI is InChI=1S/C23H30N4O5S.ClH/c1-10-19-18(11(2)28)22(30)27(19)20(23(31)32)21(10)33-14-7-16(26-9-14)13-5-3-12(4-6-13)15(24)8-17(25)29;/h3-6,10-11,14-16,18-19,26,28H,7-9,24H2,1-2H3,(H2,25,29)(H,31,32);1H/t10-,11-,14+,15?,16-,18-,19-;/m1./s1. The van der Waals surface area contributed by atoms with Gasteiger partial charge in [-0.2, -0.15) is 0 Å². The number of primary amides is 1. The van der Waals surface area contributed by atoms with Crippen LogP contribution < -0.4 is 16.8 Å². The third-order valence-corrected chi connectivity index (χ3v) is 8.39. The van der Waals surface area contributed by atoms with Gasteiger partial charge in [-0.25, -0.2) is 4.79 Å². The molecule has 4 rings (SSSR count). The van der Waals surface area contributed by atoms with Gasteiger partial charge in [0.05, 0.1) is 18.1 Å². The zero-order valence-corrected chi connectivity index (χ0v) is 20.6. The molecular weight excluding hydrogens is 480 g/mol. The maximum atomic E-state index is 12.5. The third-order valence-electron chi connectivity index (χ3n) is 6.88. The van der Waals surface area contributed by atoms with Crippen molar-refractivity contribution in [1.82, 2.24) is 10.2 Å². The van der Waals surface area contributed by atoms with Crippen LogP contribution in [0.1, 0.15) is 49.9 Å². The first-order valence-corrected chi connectivity index (χ1v) is 12.0. The van der Waals surface area contributed by atoms with Crippen molar-refractivity contribution in [2.75, 3.05) is 6.54 Å². The molecule has 34 heavy (non-hydrogen) atoms. The van der Waals surface area contributed by atoms with E-state index in [1.807, 2.05) is 31.2 Å². The number of thioether (sulfide) groups is 1. The number of aliphatic hydroxyl groups excluding tert-OH is 1. The molecule has 0 saturated carbocycles. The number of carbonyl (C=O) groups is 3. The second-order valence-electron chi connectivity index (χ2n) is 9.15.